The lowest BCUT2D eigenvalue weighted by molar-refractivity contribution is -0.138. The van der Waals surface area contributed by atoms with E-state index in [2.05, 4.69) is 25.4 Å². The summed E-state index contributed by atoms with van der Waals surface area (Å²) in [4.78, 5) is 19.2. The fourth-order valence-corrected chi connectivity index (χ4v) is 4.36. The summed E-state index contributed by atoms with van der Waals surface area (Å²) < 4.78 is 42.7. The number of pyridine rings is 1. The molecule has 0 aliphatic carbocycles. The number of aromatic amines is 1. The van der Waals surface area contributed by atoms with Crippen LogP contribution in [0.4, 0.5) is 19.0 Å². The number of hydrogen-bond acceptors (Lipinski definition) is 5. The van der Waals surface area contributed by atoms with E-state index in [1.807, 2.05) is 31.5 Å². The largest absolute Gasteiger partial charge is 0.416 e. The SMILES string of the molecule is Cc1cn[nH]c1-c1cc([C@H](C)Cc2nncn2C)cc(N2Cc3c(cccc3C(F)(F)F)C2=O)n1. The van der Waals surface area contributed by atoms with Crippen molar-refractivity contribution in [3.05, 3.63) is 76.5 Å². The Labute approximate surface area is 198 Å². The molecule has 35 heavy (non-hydrogen) atoms. The molecule has 1 atom stereocenters. The third-order valence-electron chi connectivity index (χ3n) is 6.33. The van der Waals surface area contributed by atoms with Gasteiger partial charge in [-0.2, -0.15) is 18.3 Å². The molecule has 0 fully saturated rings. The number of fused-ring (bicyclic) bond motifs is 1. The maximum Gasteiger partial charge on any atom is 0.416 e. The number of H-pyrrole nitrogens is 1. The van der Waals surface area contributed by atoms with Crippen molar-refractivity contribution >= 4 is 11.7 Å². The van der Waals surface area contributed by atoms with Crippen LogP contribution in [-0.4, -0.2) is 35.9 Å². The Morgan fingerprint density at radius 1 is 1.23 bits per heavy atom. The second-order valence-electron chi connectivity index (χ2n) is 8.76. The van der Waals surface area contributed by atoms with Crippen LogP contribution in [0.3, 0.4) is 0 Å². The maximum atomic E-state index is 13.6. The molecule has 8 nitrogen and oxygen atoms in total. The van der Waals surface area contributed by atoms with Gasteiger partial charge in [-0.05, 0) is 53.8 Å². The summed E-state index contributed by atoms with van der Waals surface area (Å²) in [6.07, 6.45) is -0.690. The van der Waals surface area contributed by atoms with E-state index >= 15 is 0 Å². The summed E-state index contributed by atoms with van der Waals surface area (Å²) in [5.74, 6) is 0.525. The number of rotatable bonds is 5. The molecule has 3 aromatic heterocycles. The summed E-state index contributed by atoms with van der Waals surface area (Å²) in [7, 11) is 1.86. The molecule has 180 valence electrons. The molecule has 4 heterocycles. The zero-order valence-corrected chi connectivity index (χ0v) is 19.3. The van der Waals surface area contributed by atoms with Crippen molar-refractivity contribution in [3.63, 3.8) is 0 Å². The predicted molar refractivity (Wildman–Crippen MR) is 122 cm³/mol. The molecule has 1 aromatic carbocycles. The van der Waals surface area contributed by atoms with Crippen LogP contribution in [0.1, 0.15) is 51.3 Å². The molecular weight excluding hydrogens is 459 g/mol. The first kappa shape index (κ1) is 22.8. The average Bonchev–Trinajstić information content (AvgIpc) is 3.52. The minimum absolute atomic E-state index is 0.0348. The molecule has 4 aromatic rings. The van der Waals surface area contributed by atoms with Gasteiger partial charge in [0.1, 0.15) is 18.0 Å². The molecule has 0 bridgehead atoms. The number of carbonyl (C=O) groups is 1. The highest BCUT2D eigenvalue weighted by Crippen LogP contribution is 2.39. The van der Waals surface area contributed by atoms with Crippen LogP contribution < -0.4 is 4.90 Å². The van der Waals surface area contributed by atoms with Crippen molar-refractivity contribution < 1.29 is 18.0 Å². The van der Waals surface area contributed by atoms with Gasteiger partial charge in [-0.15, -0.1) is 10.2 Å². The number of carbonyl (C=O) groups excluding carboxylic acids is 1. The molecule has 1 aliphatic rings. The molecule has 1 amide bonds. The average molecular weight is 481 g/mol. The monoisotopic (exact) mass is 481 g/mol. The molecule has 1 N–H and O–H groups in total. The standard InChI is InChI=1S/C24H22F3N7O/c1-13(7-21-31-29-12-33(21)3)15-8-19(22-14(2)10-28-32-22)30-20(9-15)34-11-17-16(23(34)35)5-4-6-18(17)24(25,26)27/h4-6,8-10,12-13H,7,11H2,1-3H3,(H,28,32)/t13-/m1/s1. The highest BCUT2D eigenvalue weighted by molar-refractivity contribution is 6.10. The Kier molecular flexibility index (Phi) is 5.42. The quantitative estimate of drug-likeness (QED) is 0.455. The van der Waals surface area contributed by atoms with Gasteiger partial charge in [-0.3, -0.25) is 14.8 Å². The third-order valence-corrected chi connectivity index (χ3v) is 6.33. The first-order chi connectivity index (χ1) is 16.6. The highest BCUT2D eigenvalue weighted by Gasteiger charge is 2.40. The van der Waals surface area contributed by atoms with Crippen LogP contribution in [0.15, 0.2) is 42.9 Å². The minimum atomic E-state index is -4.56. The number of nitrogens with one attached hydrogen (secondary N) is 1. The van der Waals surface area contributed by atoms with E-state index < -0.39 is 17.6 Å². The van der Waals surface area contributed by atoms with Gasteiger partial charge >= 0.3 is 6.18 Å². The van der Waals surface area contributed by atoms with Gasteiger partial charge in [0.05, 0.1) is 29.7 Å². The van der Waals surface area contributed by atoms with Crippen molar-refractivity contribution in [2.24, 2.45) is 7.05 Å². The first-order valence-electron chi connectivity index (χ1n) is 11.0. The fraction of sp³-hybridized carbons (Fsp3) is 0.292. The molecule has 0 spiro atoms. The predicted octanol–water partition coefficient (Wildman–Crippen LogP) is 4.43. The lowest BCUT2D eigenvalue weighted by Crippen LogP contribution is -2.24. The summed E-state index contributed by atoms with van der Waals surface area (Å²) in [6, 6.07) is 7.34. The molecule has 0 saturated heterocycles. The molecular formula is C24H22F3N7O. The van der Waals surface area contributed by atoms with Gasteiger partial charge in [-0.25, -0.2) is 4.98 Å². The van der Waals surface area contributed by atoms with Crippen LogP contribution in [0.5, 0.6) is 0 Å². The number of alkyl halides is 3. The van der Waals surface area contributed by atoms with Crippen molar-refractivity contribution in [1.82, 2.24) is 29.9 Å². The van der Waals surface area contributed by atoms with Gasteiger partial charge in [0.2, 0.25) is 0 Å². The number of aromatic nitrogens is 6. The lowest BCUT2D eigenvalue weighted by atomic mass is 9.96. The van der Waals surface area contributed by atoms with E-state index in [0.29, 0.717) is 17.8 Å². The smallest absolute Gasteiger partial charge is 0.321 e. The number of halogens is 3. The summed E-state index contributed by atoms with van der Waals surface area (Å²) in [6.45, 7) is 3.68. The topological polar surface area (TPSA) is 92.6 Å². The van der Waals surface area contributed by atoms with Crippen molar-refractivity contribution in [1.29, 1.82) is 0 Å². The zero-order chi connectivity index (χ0) is 24.9. The van der Waals surface area contributed by atoms with E-state index in [1.165, 1.54) is 17.0 Å². The fourth-order valence-electron chi connectivity index (χ4n) is 4.36. The number of hydrogen-bond donors (Lipinski definition) is 1. The molecule has 0 radical (unpaired) electrons. The Balaban J connectivity index is 1.58. The second-order valence-corrected chi connectivity index (χ2v) is 8.76. The molecule has 0 unspecified atom stereocenters. The lowest BCUT2D eigenvalue weighted by Gasteiger charge is -2.20. The number of amides is 1. The Hall–Kier alpha value is -4.02. The third kappa shape index (κ3) is 4.07. The second kappa shape index (κ2) is 8.33. The first-order valence-corrected chi connectivity index (χ1v) is 11.0. The van der Waals surface area contributed by atoms with E-state index in [1.54, 1.807) is 18.6 Å². The van der Waals surface area contributed by atoms with E-state index in [9.17, 15) is 18.0 Å². The summed E-state index contributed by atoms with van der Waals surface area (Å²) >= 11 is 0. The summed E-state index contributed by atoms with van der Waals surface area (Å²) in [5, 5.41) is 15.1. The normalized spacial score (nSPS) is 14.5. The van der Waals surface area contributed by atoms with Gasteiger partial charge < -0.3 is 4.57 Å². The van der Waals surface area contributed by atoms with Gasteiger partial charge in [-0.1, -0.05) is 13.0 Å². The minimum Gasteiger partial charge on any atom is -0.321 e. The van der Waals surface area contributed by atoms with Crippen molar-refractivity contribution in [3.8, 4) is 11.4 Å². The Morgan fingerprint density at radius 2 is 2.03 bits per heavy atom. The van der Waals surface area contributed by atoms with Gasteiger partial charge in [0.25, 0.3) is 5.91 Å². The van der Waals surface area contributed by atoms with Crippen LogP contribution in [0.25, 0.3) is 11.4 Å². The van der Waals surface area contributed by atoms with Crippen LogP contribution in [0, 0.1) is 6.92 Å². The van der Waals surface area contributed by atoms with Crippen LogP contribution in [0.2, 0.25) is 0 Å². The van der Waals surface area contributed by atoms with Crippen LogP contribution >= 0.6 is 0 Å². The van der Waals surface area contributed by atoms with Crippen molar-refractivity contribution in [2.45, 2.75) is 38.9 Å². The number of benzene rings is 1. The molecule has 0 saturated carbocycles. The number of aryl methyl sites for hydroxylation is 2. The van der Waals surface area contributed by atoms with E-state index in [4.69, 9.17) is 0 Å². The number of anilines is 1. The van der Waals surface area contributed by atoms with Gasteiger partial charge in [0.15, 0.2) is 0 Å². The number of nitrogens with zero attached hydrogens (tertiary/aromatic N) is 6. The van der Waals surface area contributed by atoms with Gasteiger partial charge in [0, 0.05) is 19.0 Å². The van der Waals surface area contributed by atoms with E-state index in [0.717, 1.165) is 23.0 Å². The maximum absolute atomic E-state index is 13.6. The molecule has 11 heteroatoms. The Morgan fingerprint density at radius 3 is 2.69 bits per heavy atom. The van der Waals surface area contributed by atoms with Crippen molar-refractivity contribution in [2.75, 3.05) is 4.90 Å². The molecule has 5 rings (SSSR count). The Bertz CT molecular complexity index is 1420. The van der Waals surface area contributed by atoms with Crippen LogP contribution in [-0.2, 0) is 26.2 Å². The van der Waals surface area contributed by atoms with E-state index in [-0.39, 0.29) is 29.4 Å². The zero-order valence-electron chi connectivity index (χ0n) is 19.3. The molecule has 1 aliphatic heterocycles. The highest BCUT2D eigenvalue weighted by atomic mass is 19.4. The summed E-state index contributed by atoms with van der Waals surface area (Å²) in [5.41, 5.74) is 2.15.